The van der Waals surface area contributed by atoms with Crippen molar-refractivity contribution in [2.45, 2.75) is 37.1 Å². The van der Waals surface area contributed by atoms with Crippen LogP contribution in [0, 0.1) is 11.6 Å². The molecule has 0 amide bonds. The van der Waals surface area contributed by atoms with Crippen molar-refractivity contribution >= 4 is 0 Å². The molecule has 1 aromatic carbocycles. The van der Waals surface area contributed by atoms with Crippen molar-refractivity contribution in [2.24, 2.45) is 0 Å². The molecular formula is C12H14F2O3. The van der Waals surface area contributed by atoms with E-state index in [9.17, 15) is 24.1 Å². The topological polar surface area (TPSA) is 60.7 Å². The van der Waals surface area contributed by atoms with Gasteiger partial charge in [0.05, 0.1) is 6.10 Å². The summed E-state index contributed by atoms with van der Waals surface area (Å²) in [5.74, 6) is -2.10. The minimum atomic E-state index is -1.68. The van der Waals surface area contributed by atoms with Crippen LogP contribution in [0.3, 0.4) is 0 Å². The summed E-state index contributed by atoms with van der Waals surface area (Å²) in [6.45, 7) is 0. The quantitative estimate of drug-likeness (QED) is 0.734. The predicted molar refractivity (Wildman–Crippen MR) is 56.1 cm³/mol. The van der Waals surface area contributed by atoms with E-state index in [2.05, 4.69) is 0 Å². The molecule has 3 atom stereocenters. The van der Waals surface area contributed by atoms with Gasteiger partial charge in [-0.3, -0.25) is 0 Å². The molecule has 2 unspecified atom stereocenters. The molecule has 1 aliphatic carbocycles. The molecule has 3 nitrogen and oxygen atoms in total. The molecule has 1 aliphatic rings. The third-order valence-corrected chi connectivity index (χ3v) is 3.36. The Labute approximate surface area is 97.3 Å². The number of halogens is 2. The minimum absolute atomic E-state index is 0.0624. The van der Waals surface area contributed by atoms with Gasteiger partial charge in [0.25, 0.3) is 0 Å². The lowest BCUT2D eigenvalue weighted by molar-refractivity contribution is -0.132. The maximum Gasteiger partial charge on any atom is 0.159 e. The average Bonchev–Trinajstić information content (AvgIpc) is 2.63. The van der Waals surface area contributed by atoms with E-state index < -0.39 is 29.4 Å². The summed E-state index contributed by atoms with van der Waals surface area (Å²) >= 11 is 0. The van der Waals surface area contributed by atoms with Crippen LogP contribution in [0.4, 0.5) is 8.78 Å². The van der Waals surface area contributed by atoms with Crippen molar-refractivity contribution in [3.05, 3.63) is 35.4 Å². The van der Waals surface area contributed by atoms with Crippen molar-refractivity contribution in [3.8, 4) is 0 Å². The van der Waals surface area contributed by atoms with E-state index in [1.165, 1.54) is 6.07 Å². The lowest BCUT2D eigenvalue weighted by Crippen LogP contribution is -2.43. The molecule has 0 spiro atoms. The first-order valence-corrected chi connectivity index (χ1v) is 5.48. The maximum absolute atomic E-state index is 13.0. The van der Waals surface area contributed by atoms with Crippen LogP contribution in [0.15, 0.2) is 18.2 Å². The normalized spacial score (nSPS) is 30.5. The Bertz CT molecular complexity index is 424. The van der Waals surface area contributed by atoms with Gasteiger partial charge >= 0.3 is 0 Å². The molecule has 0 heterocycles. The van der Waals surface area contributed by atoms with E-state index in [0.717, 1.165) is 12.1 Å². The highest BCUT2D eigenvalue weighted by atomic mass is 19.2. The smallest absolute Gasteiger partial charge is 0.159 e. The van der Waals surface area contributed by atoms with E-state index in [-0.39, 0.29) is 12.0 Å². The first-order valence-electron chi connectivity index (χ1n) is 5.48. The van der Waals surface area contributed by atoms with Gasteiger partial charge in [0, 0.05) is 0 Å². The number of aliphatic hydroxyl groups excluding tert-OH is 2. The highest BCUT2D eigenvalue weighted by molar-refractivity contribution is 5.23. The maximum atomic E-state index is 13.0. The zero-order chi connectivity index (χ0) is 12.6. The molecule has 0 radical (unpaired) electrons. The first kappa shape index (κ1) is 12.4. The molecule has 0 aliphatic heterocycles. The van der Waals surface area contributed by atoms with E-state index >= 15 is 0 Å². The van der Waals surface area contributed by atoms with Gasteiger partial charge in [-0.1, -0.05) is 6.07 Å². The van der Waals surface area contributed by atoms with Crippen molar-refractivity contribution < 1.29 is 24.1 Å². The highest BCUT2D eigenvalue weighted by Crippen LogP contribution is 2.40. The fourth-order valence-electron chi connectivity index (χ4n) is 2.29. The molecule has 3 N–H and O–H groups in total. The summed E-state index contributed by atoms with van der Waals surface area (Å²) in [5.41, 5.74) is -1.61. The Balaban J connectivity index is 2.30. The van der Waals surface area contributed by atoms with Crippen LogP contribution < -0.4 is 0 Å². The van der Waals surface area contributed by atoms with Gasteiger partial charge in [-0.2, -0.15) is 0 Å². The van der Waals surface area contributed by atoms with Gasteiger partial charge in [-0.15, -0.1) is 0 Å². The highest BCUT2D eigenvalue weighted by Gasteiger charge is 2.46. The fraction of sp³-hybridized carbons (Fsp3) is 0.500. The van der Waals surface area contributed by atoms with Crippen LogP contribution in [-0.4, -0.2) is 27.0 Å². The lowest BCUT2D eigenvalue weighted by Gasteiger charge is -2.32. The number of hydrogen-bond acceptors (Lipinski definition) is 3. The SMILES string of the molecule is OC1CCCC1(O)[C@@H](O)c1ccc(F)c(F)c1. The minimum Gasteiger partial charge on any atom is -0.390 e. The second-order valence-corrected chi connectivity index (χ2v) is 4.48. The predicted octanol–water partition coefficient (Wildman–Crippen LogP) is 1.27. The number of hydrogen-bond donors (Lipinski definition) is 3. The second kappa shape index (κ2) is 4.33. The van der Waals surface area contributed by atoms with Crippen molar-refractivity contribution in [3.63, 3.8) is 0 Å². The Morgan fingerprint density at radius 3 is 2.53 bits per heavy atom. The summed E-state index contributed by atoms with van der Waals surface area (Å²) in [6.07, 6.45) is -1.27. The molecule has 1 saturated carbocycles. The van der Waals surface area contributed by atoms with Crippen LogP contribution in [-0.2, 0) is 0 Å². The Morgan fingerprint density at radius 2 is 2.00 bits per heavy atom. The van der Waals surface area contributed by atoms with Crippen LogP contribution in [0.5, 0.6) is 0 Å². The second-order valence-electron chi connectivity index (χ2n) is 4.48. The van der Waals surface area contributed by atoms with Crippen molar-refractivity contribution in [2.75, 3.05) is 0 Å². The summed E-state index contributed by atoms with van der Waals surface area (Å²) in [4.78, 5) is 0. The third-order valence-electron chi connectivity index (χ3n) is 3.36. The molecule has 0 aromatic heterocycles. The Hall–Kier alpha value is -1.04. The average molecular weight is 244 g/mol. The van der Waals surface area contributed by atoms with Crippen LogP contribution in [0.25, 0.3) is 0 Å². The summed E-state index contributed by atoms with van der Waals surface area (Å²) in [7, 11) is 0. The van der Waals surface area contributed by atoms with Gasteiger partial charge in [0.2, 0.25) is 0 Å². The van der Waals surface area contributed by atoms with Gasteiger partial charge in [0.1, 0.15) is 11.7 Å². The summed E-state index contributed by atoms with van der Waals surface area (Å²) in [5, 5.41) is 29.7. The van der Waals surface area contributed by atoms with E-state index in [1.54, 1.807) is 0 Å². The van der Waals surface area contributed by atoms with E-state index in [0.29, 0.717) is 12.8 Å². The molecule has 2 rings (SSSR count). The zero-order valence-corrected chi connectivity index (χ0v) is 9.11. The van der Waals surface area contributed by atoms with Crippen molar-refractivity contribution in [1.82, 2.24) is 0 Å². The molecule has 17 heavy (non-hydrogen) atoms. The van der Waals surface area contributed by atoms with Gasteiger partial charge < -0.3 is 15.3 Å². The van der Waals surface area contributed by atoms with Gasteiger partial charge in [-0.05, 0) is 37.0 Å². The molecule has 0 bridgehead atoms. The molecule has 94 valence electrons. The largest absolute Gasteiger partial charge is 0.390 e. The number of benzene rings is 1. The molecular weight excluding hydrogens is 230 g/mol. The lowest BCUT2D eigenvalue weighted by atomic mass is 9.88. The third kappa shape index (κ3) is 2.06. The Kier molecular flexibility index (Phi) is 3.16. The summed E-state index contributed by atoms with van der Waals surface area (Å²) < 4.78 is 25.8. The van der Waals surface area contributed by atoms with E-state index in [4.69, 9.17) is 0 Å². The molecule has 1 aromatic rings. The summed E-state index contributed by atoms with van der Waals surface area (Å²) in [6, 6.07) is 2.92. The van der Waals surface area contributed by atoms with Crippen LogP contribution >= 0.6 is 0 Å². The van der Waals surface area contributed by atoms with Crippen LogP contribution in [0.2, 0.25) is 0 Å². The Morgan fingerprint density at radius 1 is 1.29 bits per heavy atom. The number of aliphatic hydroxyl groups is 3. The zero-order valence-electron chi connectivity index (χ0n) is 9.11. The van der Waals surface area contributed by atoms with E-state index in [1.807, 2.05) is 0 Å². The molecule has 0 saturated heterocycles. The van der Waals surface area contributed by atoms with Gasteiger partial charge in [-0.25, -0.2) is 8.78 Å². The molecule has 5 heteroatoms. The monoisotopic (exact) mass is 244 g/mol. The van der Waals surface area contributed by atoms with Crippen LogP contribution in [0.1, 0.15) is 30.9 Å². The molecule has 1 fully saturated rings. The van der Waals surface area contributed by atoms with Gasteiger partial charge in [0.15, 0.2) is 11.6 Å². The van der Waals surface area contributed by atoms with Crippen molar-refractivity contribution in [1.29, 1.82) is 0 Å². The first-order chi connectivity index (χ1) is 7.95. The fourth-order valence-corrected chi connectivity index (χ4v) is 2.29. The number of rotatable bonds is 2. The standard InChI is InChI=1S/C12H14F2O3/c13-8-4-3-7(6-9(8)14)11(16)12(17)5-1-2-10(12)15/h3-4,6,10-11,15-17H,1-2,5H2/t10?,11-,12?/m0/s1.